The van der Waals surface area contributed by atoms with Crippen LogP contribution < -0.4 is 10.6 Å². The summed E-state index contributed by atoms with van der Waals surface area (Å²) in [6, 6.07) is 7.52. The molecule has 2 rings (SSSR count). The Balaban J connectivity index is 0.00000364. The van der Waals surface area contributed by atoms with Crippen molar-refractivity contribution in [3.63, 3.8) is 0 Å². The van der Waals surface area contributed by atoms with E-state index < -0.39 is 9.84 Å². The predicted molar refractivity (Wildman–Crippen MR) is 124 cm³/mol. The van der Waals surface area contributed by atoms with Crippen LogP contribution in [0.4, 0.5) is 0 Å². The smallest absolute Gasteiger partial charge is 0.191 e. The second kappa shape index (κ2) is 11.0. The maximum atomic E-state index is 11.3. The lowest BCUT2D eigenvalue weighted by atomic mass is 10.1. The molecule has 0 fully saturated rings. The van der Waals surface area contributed by atoms with Crippen molar-refractivity contribution in [1.29, 1.82) is 0 Å². The molecule has 0 saturated heterocycles. The van der Waals surface area contributed by atoms with Crippen LogP contribution in [0.25, 0.3) is 0 Å². The minimum atomic E-state index is -3.01. The maximum Gasteiger partial charge on any atom is 0.191 e. The largest absolute Gasteiger partial charge is 0.357 e. The number of aryl methyl sites for hydroxylation is 2. The number of hydrogen-bond donors (Lipinski definition) is 2. The zero-order valence-corrected chi connectivity index (χ0v) is 20.0. The summed E-state index contributed by atoms with van der Waals surface area (Å²) in [5, 5.41) is 7.56. The number of sulfone groups is 1. The lowest BCUT2D eigenvalue weighted by Gasteiger charge is -2.10. The third kappa shape index (κ3) is 8.56. The number of hydrogen-bond acceptors (Lipinski definition) is 5. The summed E-state index contributed by atoms with van der Waals surface area (Å²) in [6.45, 7) is 8.04. The Bertz CT molecular complexity index is 842. The first-order valence-corrected chi connectivity index (χ1v) is 11.3. The van der Waals surface area contributed by atoms with Crippen LogP contribution in [0.15, 0.2) is 29.3 Å². The molecule has 2 aromatic rings. The van der Waals surface area contributed by atoms with Gasteiger partial charge in [-0.2, -0.15) is 0 Å². The van der Waals surface area contributed by atoms with Crippen molar-refractivity contribution in [3.8, 4) is 0 Å². The van der Waals surface area contributed by atoms with Gasteiger partial charge in [-0.05, 0) is 31.9 Å². The zero-order valence-electron chi connectivity index (χ0n) is 16.1. The van der Waals surface area contributed by atoms with Gasteiger partial charge < -0.3 is 10.6 Å². The molecule has 0 spiro atoms. The van der Waals surface area contributed by atoms with Crippen LogP contribution in [0.2, 0.25) is 0 Å². The van der Waals surface area contributed by atoms with E-state index in [1.807, 2.05) is 38.1 Å². The van der Waals surface area contributed by atoms with E-state index in [9.17, 15) is 8.42 Å². The molecule has 150 valence electrons. The van der Waals surface area contributed by atoms with Crippen molar-refractivity contribution in [2.24, 2.45) is 4.99 Å². The number of nitrogens with zero attached hydrogens (tertiary/aromatic N) is 2. The van der Waals surface area contributed by atoms with E-state index in [-0.39, 0.29) is 29.7 Å². The Hall–Kier alpha value is -1.20. The van der Waals surface area contributed by atoms with Gasteiger partial charge in [-0.1, -0.05) is 24.3 Å². The van der Waals surface area contributed by atoms with E-state index in [0.29, 0.717) is 13.1 Å². The molecular formula is C18H27IN4O2S2. The van der Waals surface area contributed by atoms with Gasteiger partial charge in [-0.3, -0.25) is 0 Å². The Labute approximate surface area is 182 Å². The number of rotatable bonds is 7. The third-order valence-electron chi connectivity index (χ3n) is 3.70. The molecule has 6 nitrogen and oxygen atoms in total. The van der Waals surface area contributed by atoms with Gasteiger partial charge in [0.05, 0.1) is 24.5 Å². The molecule has 0 saturated carbocycles. The topological polar surface area (TPSA) is 83.5 Å². The minimum absolute atomic E-state index is 0. The molecule has 1 aromatic heterocycles. The van der Waals surface area contributed by atoms with Crippen molar-refractivity contribution in [1.82, 2.24) is 15.6 Å². The first-order valence-electron chi connectivity index (χ1n) is 8.47. The predicted octanol–water partition coefficient (Wildman–Crippen LogP) is 3.18. The third-order valence-corrected chi connectivity index (χ3v) is 5.63. The molecule has 2 N–H and O–H groups in total. The van der Waals surface area contributed by atoms with E-state index in [0.717, 1.165) is 34.3 Å². The molecule has 0 aliphatic rings. The molecule has 0 atom stereocenters. The second-order valence-corrected chi connectivity index (χ2v) is 9.61. The first kappa shape index (κ1) is 23.8. The van der Waals surface area contributed by atoms with Crippen LogP contribution >= 0.6 is 35.3 Å². The van der Waals surface area contributed by atoms with Crippen LogP contribution in [-0.4, -0.2) is 32.2 Å². The number of thiazole rings is 1. The Morgan fingerprint density at radius 1 is 1.15 bits per heavy atom. The van der Waals surface area contributed by atoms with Crippen molar-refractivity contribution < 1.29 is 8.42 Å². The summed E-state index contributed by atoms with van der Waals surface area (Å²) in [5.74, 6) is 0.797. The standard InChI is InChI=1S/C18H26N4O2S2.HI/c1-5-19-18(21-11-17-22-13(2)14(3)25-17)20-10-15-6-8-16(9-7-15)12-26(4,23)24;/h6-9H,5,10-12H2,1-4H3,(H2,19,20,21);1H. The lowest BCUT2D eigenvalue weighted by Crippen LogP contribution is -2.36. The molecule has 0 unspecified atom stereocenters. The minimum Gasteiger partial charge on any atom is -0.357 e. The van der Waals surface area contributed by atoms with Crippen LogP contribution in [0.5, 0.6) is 0 Å². The van der Waals surface area contributed by atoms with Crippen LogP contribution in [0, 0.1) is 13.8 Å². The fourth-order valence-corrected chi connectivity index (χ4v) is 4.00. The monoisotopic (exact) mass is 522 g/mol. The number of halogens is 1. The van der Waals surface area contributed by atoms with E-state index in [1.165, 1.54) is 11.1 Å². The van der Waals surface area contributed by atoms with Crippen molar-refractivity contribution >= 4 is 51.1 Å². The van der Waals surface area contributed by atoms with Gasteiger partial charge in [0.15, 0.2) is 15.8 Å². The highest BCUT2D eigenvalue weighted by molar-refractivity contribution is 14.0. The lowest BCUT2D eigenvalue weighted by molar-refractivity contribution is 0.601. The molecule has 0 radical (unpaired) electrons. The van der Waals surface area contributed by atoms with Gasteiger partial charge in [0, 0.05) is 17.7 Å². The van der Waals surface area contributed by atoms with Gasteiger partial charge in [-0.25, -0.2) is 18.4 Å². The van der Waals surface area contributed by atoms with Crippen LogP contribution in [-0.2, 0) is 28.7 Å². The molecule has 0 aliphatic heterocycles. The number of aliphatic imine (C=N–C) groups is 1. The summed E-state index contributed by atoms with van der Waals surface area (Å²) < 4.78 is 22.7. The maximum absolute atomic E-state index is 11.3. The molecule has 0 amide bonds. The molecule has 9 heteroatoms. The van der Waals surface area contributed by atoms with E-state index in [2.05, 4.69) is 27.5 Å². The molecule has 1 aromatic carbocycles. The summed E-state index contributed by atoms with van der Waals surface area (Å²) in [6.07, 6.45) is 1.24. The van der Waals surface area contributed by atoms with Crippen LogP contribution in [0.3, 0.4) is 0 Å². The van der Waals surface area contributed by atoms with Crippen LogP contribution in [0.1, 0.15) is 33.6 Å². The van der Waals surface area contributed by atoms with Gasteiger partial charge in [0.25, 0.3) is 0 Å². The van der Waals surface area contributed by atoms with Gasteiger partial charge in [0.2, 0.25) is 0 Å². The quantitative estimate of drug-likeness (QED) is 0.332. The number of benzene rings is 1. The molecule has 1 heterocycles. The average molecular weight is 522 g/mol. The van der Waals surface area contributed by atoms with Gasteiger partial charge in [0.1, 0.15) is 5.01 Å². The van der Waals surface area contributed by atoms with Crippen molar-refractivity contribution in [2.45, 2.75) is 39.6 Å². The number of guanidine groups is 1. The fourth-order valence-electron chi connectivity index (χ4n) is 2.33. The summed E-state index contributed by atoms with van der Waals surface area (Å²) in [4.78, 5) is 10.3. The molecular weight excluding hydrogens is 495 g/mol. The van der Waals surface area contributed by atoms with E-state index in [1.54, 1.807) is 11.3 Å². The van der Waals surface area contributed by atoms with Crippen molar-refractivity contribution in [2.75, 3.05) is 12.8 Å². The second-order valence-electron chi connectivity index (χ2n) is 6.18. The van der Waals surface area contributed by atoms with Gasteiger partial charge in [-0.15, -0.1) is 35.3 Å². The number of nitrogens with one attached hydrogen (secondary N) is 2. The van der Waals surface area contributed by atoms with E-state index in [4.69, 9.17) is 0 Å². The molecule has 27 heavy (non-hydrogen) atoms. The number of aromatic nitrogens is 1. The van der Waals surface area contributed by atoms with Crippen molar-refractivity contribution in [3.05, 3.63) is 51.0 Å². The first-order chi connectivity index (χ1) is 12.3. The Morgan fingerprint density at radius 2 is 1.78 bits per heavy atom. The highest BCUT2D eigenvalue weighted by Crippen LogP contribution is 2.16. The fraction of sp³-hybridized carbons (Fsp3) is 0.444. The summed E-state index contributed by atoms with van der Waals surface area (Å²) >= 11 is 1.69. The summed E-state index contributed by atoms with van der Waals surface area (Å²) in [5.41, 5.74) is 2.89. The zero-order chi connectivity index (χ0) is 19.2. The average Bonchev–Trinajstić information content (AvgIpc) is 2.88. The molecule has 0 aliphatic carbocycles. The Kier molecular flexibility index (Phi) is 9.68. The highest BCUT2D eigenvalue weighted by atomic mass is 127. The van der Waals surface area contributed by atoms with E-state index >= 15 is 0 Å². The summed E-state index contributed by atoms with van der Waals surface area (Å²) in [7, 11) is -3.01. The Morgan fingerprint density at radius 3 is 2.30 bits per heavy atom. The highest BCUT2D eigenvalue weighted by Gasteiger charge is 2.06. The SMILES string of the molecule is CCNC(=NCc1ccc(CS(C)(=O)=O)cc1)NCc1nc(C)c(C)s1.I. The van der Waals surface area contributed by atoms with Gasteiger partial charge >= 0.3 is 0 Å². The normalized spacial score (nSPS) is 11.8. The molecule has 0 bridgehead atoms.